The molecule has 0 aliphatic rings. The lowest BCUT2D eigenvalue weighted by Gasteiger charge is -2.10. The Balaban J connectivity index is 0.0000000907. The van der Waals surface area contributed by atoms with Crippen LogP contribution in [0.15, 0.2) is 425 Å². The molecule has 0 bridgehead atoms. The number of nitrogens with zero attached hydrogens (tertiary/aromatic N) is 6. The number of para-hydroxylation sites is 6. The molecule has 10 aromatic heterocycles. The van der Waals surface area contributed by atoms with E-state index >= 15 is 0 Å². The van der Waals surface area contributed by atoms with E-state index in [0.717, 1.165) is 0 Å². The van der Waals surface area contributed by atoms with Gasteiger partial charge in [-0.05, 0) is 280 Å². The Hall–Kier alpha value is -16.7. The SMILES string of the molecule is Cc1ccc(-n2c3ccccc3c3c2ccc2c4cc(C)ccc4n(-c4ccccc4)c23)cc1.Cc1ccc(-n2c3ccccc3c3c4c(ccc32)sc2cc(C)ccc24)cc1.Cc1ccc(-n2c3ccccc3c3c4sc5cc(C)ccc5c4ccc32)cc1.Cc1ccc(-n2c3ccccc3c3cc4sc5cc(C)ccc5c4cc32)cc1.Cc1ccc(-n2c3ccccc3c3cc4sc5ccc(C)cc5c4cc32)cc1. The van der Waals surface area contributed by atoms with Crippen molar-refractivity contribution < 1.29 is 0 Å². The van der Waals surface area contributed by atoms with Gasteiger partial charge in [-0.3, -0.25) is 0 Å². The fourth-order valence-electron chi connectivity index (χ4n) is 22.9. The van der Waals surface area contributed by atoms with Crippen molar-refractivity contribution in [3.8, 4) is 34.1 Å². The van der Waals surface area contributed by atoms with Gasteiger partial charge in [0.2, 0.25) is 0 Å². The van der Waals surface area contributed by atoms with E-state index in [4.69, 9.17) is 0 Å². The fraction of sp³-hybridized carbons (Fsp3) is 0.0735. The van der Waals surface area contributed by atoms with Crippen molar-refractivity contribution in [2.24, 2.45) is 0 Å². The summed E-state index contributed by atoms with van der Waals surface area (Å²) in [5, 5.41) is 26.7. The van der Waals surface area contributed by atoms with Crippen LogP contribution < -0.4 is 0 Å². The van der Waals surface area contributed by atoms with E-state index in [2.05, 4.69) is 521 Å². The molecule has 31 aromatic rings. The molecule has 146 heavy (non-hydrogen) atoms. The third-order valence-electron chi connectivity index (χ3n) is 29.9. The van der Waals surface area contributed by atoms with Gasteiger partial charge >= 0.3 is 0 Å². The van der Waals surface area contributed by atoms with Crippen LogP contribution in [0.25, 0.3) is 246 Å². The molecule has 0 saturated heterocycles. The molecule has 6 nitrogen and oxygen atoms in total. The Morgan fingerprint density at radius 1 is 0.130 bits per heavy atom. The minimum atomic E-state index is 1.19. The largest absolute Gasteiger partial charge is 0.309 e. The molecule has 0 N–H and O–H groups in total. The zero-order valence-corrected chi connectivity index (χ0v) is 86.0. The van der Waals surface area contributed by atoms with E-state index in [1.807, 2.05) is 45.3 Å². The highest BCUT2D eigenvalue weighted by Gasteiger charge is 2.26. The zero-order chi connectivity index (χ0) is 98.1. The van der Waals surface area contributed by atoms with Crippen molar-refractivity contribution in [3.63, 3.8) is 0 Å². The summed E-state index contributed by atoms with van der Waals surface area (Å²) in [7, 11) is 0. The van der Waals surface area contributed by atoms with Gasteiger partial charge in [-0.2, -0.15) is 0 Å². The molecular formula is C136H100N6S4. The molecule has 10 heterocycles. The molecule has 698 valence electrons. The molecule has 0 unspecified atom stereocenters. The molecule has 0 radical (unpaired) electrons. The number of hydrogen-bond donors (Lipinski definition) is 0. The predicted molar refractivity (Wildman–Crippen MR) is 637 cm³/mol. The minimum absolute atomic E-state index is 1.19. The number of aromatic nitrogens is 6. The number of aryl methyl sites for hydroxylation is 10. The Morgan fingerprint density at radius 2 is 0.411 bits per heavy atom. The summed E-state index contributed by atoms with van der Waals surface area (Å²) in [4.78, 5) is 0. The van der Waals surface area contributed by atoms with Gasteiger partial charge in [0.15, 0.2) is 0 Å². The molecule has 31 rings (SSSR count). The lowest BCUT2D eigenvalue weighted by atomic mass is 10.0. The van der Waals surface area contributed by atoms with Crippen LogP contribution in [0.5, 0.6) is 0 Å². The predicted octanol–water partition coefficient (Wildman–Crippen LogP) is 39.6. The highest BCUT2D eigenvalue weighted by Crippen LogP contribution is 2.50. The van der Waals surface area contributed by atoms with Crippen LogP contribution in [0, 0.1) is 69.2 Å². The van der Waals surface area contributed by atoms with Crippen molar-refractivity contribution in [2.45, 2.75) is 69.2 Å². The van der Waals surface area contributed by atoms with E-state index in [9.17, 15) is 0 Å². The maximum Gasteiger partial charge on any atom is 0.0641 e. The van der Waals surface area contributed by atoms with Crippen LogP contribution >= 0.6 is 45.3 Å². The smallest absolute Gasteiger partial charge is 0.0641 e. The second-order valence-corrected chi connectivity index (χ2v) is 44.1. The third-order valence-corrected chi connectivity index (χ3v) is 34.4. The highest BCUT2D eigenvalue weighted by atomic mass is 32.1. The standard InChI is InChI=1S/C32H24N2.4C26H19NS/c1-21-12-15-24(16-13-21)33-28-11-7-6-10-26(28)31-30(33)19-17-25-27-20-22(2)14-18-29(27)34(32(25)31)23-8-4-3-5-9-23;1-16-7-10-18(11-8-16)27-23-6-4-3-5-19(23)20-15-26-22(14-24(20)27)21-13-17(2)9-12-25(21)28-26;1-16-7-10-18(11-8-16)27-23-6-4-3-5-19(23)21-15-26-22(14-24(21)27)20-12-9-17(2)13-25(20)28-26;1-16-7-10-18(11-8-16)27-22-6-4-3-5-21(22)25-23(27)14-13-20-19-12-9-17(2)15-24(19)28-26(20)25;1-16-7-10-18(11-8-16)27-21-6-4-3-5-19(21)25-22(27)13-14-23-26(25)20-12-9-17(2)15-24(20)28-23/h3-20H,1-2H3;4*3-15H,1-2H3. The Labute approximate surface area is 860 Å². The molecule has 0 aliphatic carbocycles. The summed E-state index contributed by atoms with van der Waals surface area (Å²) in [5.74, 6) is 0. The first-order chi connectivity index (χ1) is 71.5. The van der Waals surface area contributed by atoms with Gasteiger partial charge in [0.05, 0.1) is 66.2 Å². The molecule has 0 atom stereocenters. The molecule has 0 amide bonds. The van der Waals surface area contributed by atoms with Crippen LogP contribution in [0.2, 0.25) is 0 Å². The number of thiophene rings is 4. The molecule has 0 spiro atoms. The van der Waals surface area contributed by atoms with Gasteiger partial charge in [0, 0.05) is 179 Å². The van der Waals surface area contributed by atoms with Gasteiger partial charge in [0.1, 0.15) is 0 Å². The Kier molecular flexibility index (Phi) is 21.2. The highest BCUT2D eigenvalue weighted by molar-refractivity contribution is 7.27. The average Bonchev–Trinajstić information content (AvgIpc) is 1.53. The van der Waals surface area contributed by atoms with E-state index < -0.39 is 0 Å². The van der Waals surface area contributed by atoms with E-state index in [0.29, 0.717) is 0 Å². The molecule has 0 aliphatic heterocycles. The monoisotopic (exact) mass is 1940 g/mol. The summed E-state index contributed by atoms with van der Waals surface area (Å²) in [6.45, 7) is 21.5. The number of hydrogen-bond acceptors (Lipinski definition) is 4. The molecule has 0 saturated carbocycles. The van der Waals surface area contributed by atoms with Crippen molar-refractivity contribution in [3.05, 3.63) is 480 Å². The fourth-order valence-corrected chi connectivity index (χ4v) is 27.8. The van der Waals surface area contributed by atoms with Gasteiger partial charge in [0.25, 0.3) is 0 Å². The quantitative estimate of drug-likeness (QED) is 0.159. The number of rotatable bonds is 6. The van der Waals surface area contributed by atoms with Crippen molar-refractivity contribution in [1.82, 2.24) is 27.4 Å². The maximum atomic E-state index is 2.44. The van der Waals surface area contributed by atoms with Crippen LogP contribution in [0.4, 0.5) is 0 Å². The molecule has 10 heteroatoms. The third kappa shape index (κ3) is 14.7. The summed E-state index contributed by atoms with van der Waals surface area (Å²) < 4.78 is 25.4. The first-order valence-electron chi connectivity index (χ1n) is 50.3. The van der Waals surface area contributed by atoms with E-state index in [-0.39, 0.29) is 0 Å². The molecule has 21 aromatic carbocycles. The van der Waals surface area contributed by atoms with Crippen LogP contribution in [-0.4, -0.2) is 27.4 Å². The van der Waals surface area contributed by atoms with Crippen LogP contribution in [0.3, 0.4) is 0 Å². The van der Waals surface area contributed by atoms with Gasteiger partial charge in [-0.1, -0.05) is 269 Å². The second kappa shape index (κ2) is 35.1. The van der Waals surface area contributed by atoms with E-state index in [1.54, 1.807) is 0 Å². The Morgan fingerprint density at radius 3 is 0.904 bits per heavy atom. The van der Waals surface area contributed by atoms with Crippen LogP contribution in [0.1, 0.15) is 55.6 Å². The summed E-state index contributed by atoms with van der Waals surface area (Å²) in [6.07, 6.45) is 0. The Bertz CT molecular complexity index is 10700. The van der Waals surface area contributed by atoms with Gasteiger partial charge < -0.3 is 27.4 Å². The lowest BCUT2D eigenvalue weighted by Crippen LogP contribution is -1.95. The lowest BCUT2D eigenvalue weighted by molar-refractivity contribution is 1.17. The summed E-state index contributed by atoms with van der Waals surface area (Å²) >= 11 is 7.60. The average molecular weight is 1950 g/mol. The van der Waals surface area contributed by atoms with Crippen molar-refractivity contribution >= 4 is 257 Å². The molecular weight excluding hydrogens is 1850 g/mol. The van der Waals surface area contributed by atoms with Crippen LogP contribution in [-0.2, 0) is 0 Å². The van der Waals surface area contributed by atoms with E-state index in [1.165, 1.54) is 301 Å². The number of benzene rings is 21. The van der Waals surface area contributed by atoms with Gasteiger partial charge in [-0.15, -0.1) is 45.3 Å². The molecule has 0 fully saturated rings. The number of fused-ring (bicyclic) bond motifs is 33. The minimum Gasteiger partial charge on any atom is -0.309 e. The van der Waals surface area contributed by atoms with Crippen molar-refractivity contribution in [2.75, 3.05) is 0 Å². The summed E-state index contributed by atoms with van der Waals surface area (Å²) in [5.41, 5.74) is 35.3. The zero-order valence-electron chi connectivity index (χ0n) is 82.7. The van der Waals surface area contributed by atoms with Crippen molar-refractivity contribution in [1.29, 1.82) is 0 Å². The first kappa shape index (κ1) is 88.2. The van der Waals surface area contributed by atoms with Gasteiger partial charge in [-0.25, -0.2) is 0 Å². The maximum absolute atomic E-state index is 2.44. The summed E-state index contributed by atoms with van der Waals surface area (Å²) in [6, 6.07) is 156. The normalized spacial score (nSPS) is 11.9. The second-order valence-electron chi connectivity index (χ2n) is 39.8. The first-order valence-corrected chi connectivity index (χ1v) is 53.6. The topological polar surface area (TPSA) is 29.6 Å².